The van der Waals surface area contributed by atoms with Crippen molar-refractivity contribution >= 4 is 26.5 Å². The van der Waals surface area contributed by atoms with Crippen molar-refractivity contribution in [3.05, 3.63) is 35.6 Å². The minimum absolute atomic E-state index is 0.131. The molecule has 0 aromatic carbocycles. The highest BCUT2D eigenvalue weighted by Gasteiger charge is 2.16. The number of anilines is 1. The van der Waals surface area contributed by atoms with Crippen LogP contribution in [-0.2, 0) is 10.0 Å². The van der Waals surface area contributed by atoms with Crippen LogP contribution in [0.1, 0.15) is 24.6 Å². The standard InChI is InChI=1S/C11H13N3O2S2/c1-8(2)10-7-13-11(17-10)14-18(15,16)9-4-3-5-12-6-9/h3-8H,1-2H3,(H,13,14). The molecule has 2 aromatic rings. The molecule has 0 atom stereocenters. The molecule has 0 aliphatic heterocycles. The molecular formula is C11H13N3O2S2. The van der Waals surface area contributed by atoms with E-state index in [0.717, 1.165) is 4.88 Å². The van der Waals surface area contributed by atoms with Crippen molar-refractivity contribution in [2.75, 3.05) is 4.72 Å². The molecule has 0 bridgehead atoms. The Labute approximate surface area is 110 Å². The molecule has 0 radical (unpaired) electrons. The van der Waals surface area contributed by atoms with E-state index in [1.807, 2.05) is 13.8 Å². The van der Waals surface area contributed by atoms with E-state index in [1.165, 1.54) is 29.8 Å². The number of hydrogen-bond acceptors (Lipinski definition) is 5. The monoisotopic (exact) mass is 283 g/mol. The molecule has 18 heavy (non-hydrogen) atoms. The summed E-state index contributed by atoms with van der Waals surface area (Å²) in [4.78, 5) is 9.02. The zero-order chi connectivity index (χ0) is 13.2. The van der Waals surface area contributed by atoms with Gasteiger partial charge in [-0.3, -0.25) is 9.71 Å². The third-order valence-corrected chi connectivity index (χ3v) is 4.93. The molecule has 1 N–H and O–H groups in total. The highest BCUT2D eigenvalue weighted by atomic mass is 32.2. The van der Waals surface area contributed by atoms with Gasteiger partial charge in [0, 0.05) is 23.5 Å². The van der Waals surface area contributed by atoms with Gasteiger partial charge in [-0.25, -0.2) is 13.4 Å². The van der Waals surface area contributed by atoms with Crippen LogP contribution in [-0.4, -0.2) is 18.4 Å². The second-order valence-electron chi connectivity index (χ2n) is 4.02. The molecule has 2 heterocycles. The van der Waals surface area contributed by atoms with Crippen molar-refractivity contribution in [2.45, 2.75) is 24.7 Å². The third-order valence-electron chi connectivity index (χ3n) is 2.26. The van der Waals surface area contributed by atoms with E-state index in [0.29, 0.717) is 11.0 Å². The fourth-order valence-corrected chi connectivity index (χ4v) is 3.30. The molecule has 2 rings (SSSR count). The van der Waals surface area contributed by atoms with Crippen molar-refractivity contribution in [2.24, 2.45) is 0 Å². The summed E-state index contributed by atoms with van der Waals surface area (Å²) in [6.07, 6.45) is 4.52. The van der Waals surface area contributed by atoms with Crippen molar-refractivity contribution < 1.29 is 8.42 Å². The van der Waals surface area contributed by atoms with Gasteiger partial charge >= 0.3 is 0 Å². The van der Waals surface area contributed by atoms with E-state index in [-0.39, 0.29) is 4.90 Å². The number of hydrogen-bond donors (Lipinski definition) is 1. The van der Waals surface area contributed by atoms with E-state index in [2.05, 4.69) is 14.7 Å². The predicted molar refractivity (Wildman–Crippen MR) is 71.2 cm³/mol. The van der Waals surface area contributed by atoms with Gasteiger partial charge in [0.05, 0.1) is 0 Å². The number of rotatable bonds is 4. The molecule has 2 aromatic heterocycles. The molecule has 0 unspecified atom stereocenters. The maximum atomic E-state index is 12.0. The van der Waals surface area contributed by atoms with E-state index in [9.17, 15) is 8.42 Å². The third kappa shape index (κ3) is 2.85. The Balaban J connectivity index is 2.23. The van der Waals surface area contributed by atoms with Crippen LogP contribution in [0.2, 0.25) is 0 Å². The molecule has 0 fully saturated rings. The molecule has 0 spiro atoms. The van der Waals surface area contributed by atoms with Gasteiger partial charge in [-0.1, -0.05) is 13.8 Å². The van der Waals surface area contributed by atoms with Crippen LogP contribution in [0.5, 0.6) is 0 Å². The number of thiazole rings is 1. The van der Waals surface area contributed by atoms with Crippen LogP contribution in [0.4, 0.5) is 5.13 Å². The molecule has 0 saturated heterocycles. The van der Waals surface area contributed by atoms with Crippen molar-refractivity contribution in [1.29, 1.82) is 0 Å². The first-order valence-electron chi connectivity index (χ1n) is 5.37. The minimum atomic E-state index is -3.59. The lowest BCUT2D eigenvalue weighted by Gasteiger charge is -2.03. The first-order chi connectivity index (χ1) is 8.49. The minimum Gasteiger partial charge on any atom is -0.263 e. The van der Waals surface area contributed by atoms with Crippen LogP contribution < -0.4 is 4.72 Å². The normalized spacial score (nSPS) is 11.7. The smallest absolute Gasteiger partial charge is 0.263 e. The van der Waals surface area contributed by atoms with E-state index in [1.54, 1.807) is 12.3 Å². The molecule has 0 amide bonds. The average Bonchev–Trinajstić information content (AvgIpc) is 2.78. The Bertz CT molecular complexity index is 621. The summed E-state index contributed by atoms with van der Waals surface area (Å²) in [5.74, 6) is 0.333. The van der Waals surface area contributed by atoms with Crippen LogP contribution in [0, 0.1) is 0 Å². The summed E-state index contributed by atoms with van der Waals surface area (Å²) >= 11 is 1.34. The van der Waals surface area contributed by atoms with Gasteiger partial charge in [-0.05, 0) is 18.1 Å². The van der Waals surface area contributed by atoms with Gasteiger partial charge in [0.25, 0.3) is 10.0 Å². The number of aromatic nitrogens is 2. The van der Waals surface area contributed by atoms with Gasteiger partial charge in [0.15, 0.2) is 5.13 Å². The number of nitrogens with one attached hydrogen (secondary N) is 1. The Morgan fingerprint density at radius 1 is 1.33 bits per heavy atom. The summed E-state index contributed by atoms with van der Waals surface area (Å²) in [5.41, 5.74) is 0. The van der Waals surface area contributed by atoms with Crippen molar-refractivity contribution in [3.8, 4) is 0 Å². The predicted octanol–water partition coefficient (Wildman–Crippen LogP) is 2.46. The summed E-state index contributed by atoms with van der Waals surface area (Å²) in [5, 5.41) is 0.377. The molecular weight excluding hydrogens is 270 g/mol. The van der Waals surface area contributed by atoms with Crippen LogP contribution in [0.3, 0.4) is 0 Å². The lowest BCUT2D eigenvalue weighted by atomic mass is 10.2. The zero-order valence-corrected chi connectivity index (χ0v) is 11.6. The Hall–Kier alpha value is -1.47. The molecule has 0 aliphatic rings. The molecule has 0 aliphatic carbocycles. The fourth-order valence-electron chi connectivity index (χ4n) is 1.28. The maximum absolute atomic E-state index is 12.0. The summed E-state index contributed by atoms with van der Waals surface area (Å²) in [6.45, 7) is 4.07. The van der Waals surface area contributed by atoms with E-state index in [4.69, 9.17) is 0 Å². The second kappa shape index (κ2) is 5.03. The second-order valence-corrected chi connectivity index (χ2v) is 6.76. The quantitative estimate of drug-likeness (QED) is 0.935. The van der Waals surface area contributed by atoms with Crippen LogP contribution >= 0.6 is 11.3 Å². The van der Waals surface area contributed by atoms with Crippen molar-refractivity contribution in [3.63, 3.8) is 0 Å². The SMILES string of the molecule is CC(C)c1cnc(NS(=O)(=O)c2cccnc2)s1. The number of nitrogens with zero attached hydrogens (tertiary/aromatic N) is 2. The summed E-state index contributed by atoms with van der Waals surface area (Å²) in [6, 6.07) is 3.07. The van der Waals surface area contributed by atoms with Gasteiger partial charge in [-0.2, -0.15) is 0 Å². The van der Waals surface area contributed by atoms with Gasteiger partial charge in [0.2, 0.25) is 0 Å². The van der Waals surface area contributed by atoms with E-state index < -0.39 is 10.0 Å². The number of pyridine rings is 1. The van der Waals surface area contributed by atoms with Gasteiger partial charge in [0.1, 0.15) is 4.90 Å². The maximum Gasteiger partial charge on any atom is 0.265 e. The summed E-state index contributed by atoms with van der Waals surface area (Å²) in [7, 11) is -3.59. The Morgan fingerprint density at radius 2 is 2.11 bits per heavy atom. The first kappa shape index (κ1) is 13.0. The lowest BCUT2D eigenvalue weighted by molar-refractivity contribution is 0.601. The molecule has 7 heteroatoms. The molecule has 0 saturated carbocycles. The zero-order valence-electron chi connectivity index (χ0n) is 9.99. The van der Waals surface area contributed by atoms with Crippen LogP contribution in [0.25, 0.3) is 0 Å². The highest BCUT2D eigenvalue weighted by molar-refractivity contribution is 7.93. The average molecular weight is 283 g/mol. The first-order valence-corrected chi connectivity index (χ1v) is 7.67. The van der Waals surface area contributed by atoms with E-state index >= 15 is 0 Å². The topological polar surface area (TPSA) is 72.0 Å². The lowest BCUT2D eigenvalue weighted by Crippen LogP contribution is -2.12. The summed E-state index contributed by atoms with van der Waals surface area (Å²) < 4.78 is 26.4. The van der Waals surface area contributed by atoms with Gasteiger partial charge in [-0.15, -0.1) is 11.3 Å². The molecule has 96 valence electrons. The van der Waals surface area contributed by atoms with Gasteiger partial charge < -0.3 is 0 Å². The van der Waals surface area contributed by atoms with Crippen molar-refractivity contribution in [1.82, 2.24) is 9.97 Å². The van der Waals surface area contributed by atoms with Crippen LogP contribution in [0.15, 0.2) is 35.6 Å². The fraction of sp³-hybridized carbons (Fsp3) is 0.273. The Morgan fingerprint density at radius 3 is 2.67 bits per heavy atom. The highest BCUT2D eigenvalue weighted by Crippen LogP contribution is 2.26. The Kier molecular flexibility index (Phi) is 3.63. The largest absolute Gasteiger partial charge is 0.265 e. The number of sulfonamides is 1. The molecule has 5 nitrogen and oxygen atoms in total.